The highest BCUT2D eigenvalue weighted by molar-refractivity contribution is 7.90. The lowest BCUT2D eigenvalue weighted by molar-refractivity contribution is 0.0698. The first-order valence-corrected chi connectivity index (χ1v) is 8.48. The van der Waals surface area contributed by atoms with Gasteiger partial charge in [-0.3, -0.25) is 4.79 Å². The van der Waals surface area contributed by atoms with Gasteiger partial charge in [-0.1, -0.05) is 6.07 Å². The van der Waals surface area contributed by atoms with E-state index >= 15 is 0 Å². The van der Waals surface area contributed by atoms with Crippen molar-refractivity contribution in [2.75, 3.05) is 11.6 Å². The second-order valence-corrected chi connectivity index (χ2v) is 7.15. The van der Waals surface area contributed by atoms with Crippen molar-refractivity contribution in [3.8, 4) is 0 Å². The van der Waals surface area contributed by atoms with Crippen LogP contribution in [0.4, 0.5) is 5.00 Å². The van der Waals surface area contributed by atoms with E-state index in [1.807, 2.05) is 0 Å². The van der Waals surface area contributed by atoms with Gasteiger partial charge in [-0.15, -0.1) is 11.3 Å². The van der Waals surface area contributed by atoms with E-state index in [2.05, 4.69) is 5.32 Å². The van der Waals surface area contributed by atoms with Gasteiger partial charge in [-0.2, -0.15) is 0 Å². The predicted molar refractivity (Wildman–Crippen MR) is 78.8 cm³/mol. The maximum absolute atomic E-state index is 12.1. The normalized spacial score (nSPS) is 11.1. The summed E-state index contributed by atoms with van der Waals surface area (Å²) in [6.07, 6.45) is 1.05. The van der Waals surface area contributed by atoms with Crippen molar-refractivity contribution < 1.29 is 23.1 Å². The fourth-order valence-electron chi connectivity index (χ4n) is 1.62. The number of carbonyl (C=O) groups excluding carboxylic acids is 1. The number of carboxylic acid groups (broad SMARTS) is 1. The minimum atomic E-state index is -3.41. The van der Waals surface area contributed by atoms with Crippen LogP contribution in [0.3, 0.4) is 0 Å². The molecule has 0 saturated heterocycles. The molecule has 0 radical (unpaired) electrons. The predicted octanol–water partition coefficient (Wildman–Crippen LogP) is 2.10. The van der Waals surface area contributed by atoms with Crippen LogP contribution >= 0.6 is 11.3 Å². The summed E-state index contributed by atoms with van der Waals surface area (Å²) in [7, 11) is -3.41. The van der Waals surface area contributed by atoms with E-state index in [0.29, 0.717) is 0 Å². The smallest absolute Gasteiger partial charge is 0.338 e. The minimum absolute atomic E-state index is 0.00684. The molecule has 0 bridgehead atoms. The van der Waals surface area contributed by atoms with Crippen LogP contribution in [-0.4, -0.2) is 31.7 Å². The Labute approximate surface area is 125 Å². The average molecular weight is 325 g/mol. The maximum Gasteiger partial charge on any atom is 0.338 e. The third-order valence-electron chi connectivity index (χ3n) is 2.65. The van der Waals surface area contributed by atoms with E-state index in [1.54, 1.807) is 5.38 Å². The number of anilines is 1. The summed E-state index contributed by atoms with van der Waals surface area (Å²) in [4.78, 5) is 23.1. The molecule has 0 fully saturated rings. The van der Waals surface area contributed by atoms with Crippen molar-refractivity contribution in [2.45, 2.75) is 4.90 Å². The molecule has 0 unspecified atom stereocenters. The number of thiophene rings is 1. The average Bonchev–Trinajstić information content (AvgIpc) is 2.86. The molecule has 0 spiro atoms. The summed E-state index contributed by atoms with van der Waals surface area (Å²) in [6, 6.07) is 6.93. The molecule has 21 heavy (non-hydrogen) atoms. The molecule has 110 valence electrons. The lowest BCUT2D eigenvalue weighted by Gasteiger charge is -2.05. The van der Waals surface area contributed by atoms with Crippen molar-refractivity contribution >= 4 is 38.1 Å². The molecule has 2 aromatic rings. The van der Waals surface area contributed by atoms with Crippen molar-refractivity contribution in [2.24, 2.45) is 0 Å². The zero-order valence-electron chi connectivity index (χ0n) is 10.9. The third-order valence-corrected chi connectivity index (χ3v) is 4.59. The van der Waals surface area contributed by atoms with E-state index in [0.717, 1.165) is 17.6 Å². The van der Waals surface area contributed by atoms with Gasteiger partial charge in [0.2, 0.25) is 0 Å². The Balaban J connectivity index is 2.29. The molecular formula is C13H11NO5S2. The van der Waals surface area contributed by atoms with Crippen LogP contribution in [0, 0.1) is 0 Å². The standard InChI is InChI=1S/C13H11NO5S2/c1-21(18,19)9-4-2-3-8(7-9)11(15)14-12-10(13(16)17)5-6-20-12/h2-7H,1H3,(H,14,15)(H,16,17). The first kappa shape index (κ1) is 15.2. The van der Waals surface area contributed by atoms with Crippen LogP contribution in [0.5, 0.6) is 0 Å². The summed E-state index contributed by atoms with van der Waals surface area (Å²) in [5, 5.41) is 13.2. The van der Waals surface area contributed by atoms with E-state index in [4.69, 9.17) is 5.11 Å². The fraction of sp³-hybridized carbons (Fsp3) is 0.0769. The lowest BCUT2D eigenvalue weighted by Crippen LogP contribution is -2.13. The summed E-state index contributed by atoms with van der Waals surface area (Å²) in [5.41, 5.74) is 0.135. The van der Waals surface area contributed by atoms with Crippen LogP contribution < -0.4 is 5.32 Å². The molecule has 0 saturated carbocycles. The van der Waals surface area contributed by atoms with Crippen LogP contribution in [0.2, 0.25) is 0 Å². The van der Waals surface area contributed by atoms with Crippen LogP contribution in [0.25, 0.3) is 0 Å². The molecule has 6 nitrogen and oxygen atoms in total. The van der Waals surface area contributed by atoms with Crippen molar-refractivity contribution in [3.63, 3.8) is 0 Å². The zero-order valence-corrected chi connectivity index (χ0v) is 12.5. The monoisotopic (exact) mass is 325 g/mol. The molecule has 0 aliphatic carbocycles. The molecule has 1 amide bonds. The quantitative estimate of drug-likeness (QED) is 0.896. The van der Waals surface area contributed by atoms with Gasteiger partial charge in [0.25, 0.3) is 5.91 Å². The number of hydrogen-bond acceptors (Lipinski definition) is 5. The largest absolute Gasteiger partial charge is 0.478 e. The van der Waals surface area contributed by atoms with Gasteiger partial charge in [0.05, 0.1) is 10.5 Å². The zero-order chi connectivity index (χ0) is 15.6. The Kier molecular flexibility index (Phi) is 4.10. The van der Waals surface area contributed by atoms with Crippen LogP contribution in [-0.2, 0) is 9.84 Å². The number of amides is 1. The number of carbonyl (C=O) groups is 2. The SMILES string of the molecule is CS(=O)(=O)c1cccc(C(=O)Nc2sccc2C(=O)O)c1. The van der Waals surface area contributed by atoms with E-state index in [1.165, 1.54) is 30.3 Å². The summed E-state index contributed by atoms with van der Waals surface area (Å²) in [6.45, 7) is 0. The molecule has 0 aliphatic rings. The second-order valence-electron chi connectivity index (χ2n) is 4.22. The van der Waals surface area contributed by atoms with E-state index in [9.17, 15) is 18.0 Å². The Morgan fingerprint density at radius 1 is 1.24 bits per heavy atom. The second kappa shape index (κ2) is 5.66. The van der Waals surface area contributed by atoms with Gasteiger partial charge in [0, 0.05) is 11.8 Å². The first-order valence-electron chi connectivity index (χ1n) is 5.71. The minimum Gasteiger partial charge on any atom is -0.478 e. The number of nitrogens with one attached hydrogen (secondary N) is 1. The molecule has 2 rings (SSSR count). The van der Waals surface area contributed by atoms with Crippen LogP contribution in [0.15, 0.2) is 40.6 Å². The molecule has 0 aliphatic heterocycles. The number of benzene rings is 1. The highest BCUT2D eigenvalue weighted by Gasteiger charge is 2.16. The number of hydrogen-bond donors (Lipinski definition) is 2. The van der Waals surface area contributed by atoms with Crippen molar-refractivity contribution in [1.82, 2.24) is 0 Å². The molecule has 2 N–H and O–H groups in total. The first-order chi connectivity index (χ1) is 9.79. The van der Waals surface area contributed by atoms with Gasteiger partial charge >= 0.3 is 5.97 Å². The topological polar surface area (TPSA) is 101 Å². The molecular weight excluding hydrogens is 314 g/mol. The summed E-state index contributed by atoms with van der Waals surface area (Å²) >= 11 is 1.08. The maximum atomic E-state index is 12.1. The molecule has 1 aromatic heterocycles. The number of carboxylic acids is 1. The Bertz CT molecular complexity index is 807. The lowest BCUT2D eigenvalue weighted by atomic mass is 10.2. The van der Waals surface area contributed by atoms with Crippen molar-refractivity contribution in [1.29, 1.82) is 0 Å². The molecule has 8 heteroatoms. The Morgan fingerprint density at radius 3 is 2.57 bits per heavy atom. The highest BCUT2D eigenvalue weighted by Crippen LogP contribution is 2.24. The fourth-order valence-corrected chi connectivity index (χ4v) is 3.06. The van der Waals surface area contributed by atoms with Crippen molar-refractivity contribution in [3.05, 3.63) is 46.8 Å². The molecule has 1 aromatic carbocycles. The third kappa shape index (κ3) is 3.47. The van der Waals surface area contributed by atoms with Gasteiger partial charge in [-0.05, 0) is 29.6 Å². The summed E-state index contributed by atoms with van der Waals surface area (Å²) in [5.74, 6) is -1.71. The molecule has 1 heterocycles. The number of aromatic carboxylic acids is 1. The molecule has 0 atom stereocenters. The van der Waals surface area contributed by atoms with E-state index < -0.39 is 21.7 Å². The van der Waals surface area contributed by atoms with Gasteiger partial charge in [0.15, 0.2) is 9.84 Å². The van der Waals surface area contributed by atoms with Gasteiger partial charge in [0.1, 0.15) is 5.00 Å². The summed E-state index contributed by atoms with van der Waals surface area (Å²) < 4.78 is 22.9. The Hall–Kier alpha value is -2.19. The number of sulfone groups is 1. The van der Waals surface area contributed by atoms with Crippen LogP contribution in [0.1, 0.15) is 20.7 Å². The van der Waals surface area contributed by atoms with Gasteiger partial charge < -0.3 is 10.4 Å². The number of rotatable bonds is 4. The van der Waals surface area contributed by atoms with Gasteiger partial charge in [-0.25, -0.2) is 13.2 Å². The van der Waals surface area contributed by atoms with E-state index in [-0.39, 0.29) is 21.0 Å². The highest BCUT2D eigenvalue weighted by atomic mass is 32.2. The Morgan fingerprint density at radius 2 is 1.95 bits per heavy atom.